The molecular weight excluding hydrogens is 428 g/mol. The van der Waals surface area contributed by atoms with E-state index >= 15 is 0 Å². The Morgan fingerprint density at radius 1 is 0.968 bits per heavy atom. The van der Waals surface area contributed by atoms with Gasteiger partial charge >= 0.3 is 12.4 Å². The molecule has 0 atom stereocenters. The maximum absolute atomic E-state index is 13.4. The van der Waals surface area contributed by atoms with Crippen LogP contribution in [0.3, 0.4) is 0 Å². The second kappa shape index (κ2) is 7.89. The van der Waals surface area contributed by atoms with Crippen molar-refractivity contribution in [2.75, 3.05) is 0 Å². The van der Waals surface area contributed by atoms with Crippen molar-refractivity contribution in [3.63, 3.8) is 0 Å². The van der Waals surface area contributed by atoms with E-state index in [1.165, 1.54) is 42.5 Å². The fourth-order valence-electron chi connectivity index (χ4n) is 2.97. The van der Waals surface area contributed by atoms with Crippen LogP contribution in [0, 0.1) is 0 Å². The van der Waals surface area contributed by atoms with Crippen LogP contribution >= 0.6 is 0 Å². The van der Waals surface area contributed by atoms with Gasteiger partial charge in [-0.05, 0) is 23.3 Å². The number of carbonyl (C=O) groups excluding carboxylic acids is 1. The largest absolute Gasteiger partial charge is 0.417 e. The molecule has 2 aromatic carbocycles. The van der Waals surface area contributed by atoms with Crippen molar-refractivity contribution in [2.45, 2.75) is 18.9 Å². The van der Waals surface area contributed by atoms with E-state index < -0.39 is 47.3 Å². The Morgan fingerprint density at radius 2 is 1.61 bits per heavy atom. The molecule has 11 heteroatoms. The zero-order chi connectivity index (χ0) is 23.0. The average Bonchev–Trinajstić information content (AvgIpc) is 2.68. The highest BCUT2D eigenvalue weighted by Crippen LogP contribution is 2.37. The van der Waals surface area contributed by atoms with Gasteiger partial charge in [-0.15, -0.1) is 0 Å². The maximum atomic E-state index is 13.4. The first-order chi connectivity index (χ1) is 14.4. The van der Waals surface area contributed by atoms with E-state index in [0.29, 0.717) is 6.20 Å². The normalized spacial score (nSPS) is 12.1. The van der Waals surface area contributed by atoms with E-state index in [4.69, 9.17) is 5.73 Å². The summed E-state index contributed by atoms with van der Waals surface area (Å²) < 4.78 is 78.8. The second-order valence-corrected chi connectivity index (χ2v) is 6.51. The average molecular weight is 441 g/mol. The molecule has 0 aliphatic carbocycles. The molecule has 0 bridgehead atoms. The van der Waals surface area contributed by atoms with Crippen molar-refractivity contribution in [1.82, 2.24) is 9.55 Å². The molecule has 3 rings (SSSR count). The van der Waals surface area contributed by atoms with Gasteiger partial charge in [0.1, 0.15) is 17.9 Å². The third-order valence-corrected chi connectivity index (χ3v) is 4.26. The van der Waals surface area contributed by atoms with E-state index in [-0.39, 0.29) is 21.3 Å². The molecule has 1 heterocycles. The van der Waals surface area contributed by atoms with Gasteiger partial charge in [-0.1, -0.05) is 36.4 Å². The van der Waals surface area contributed by atoms with Gasteiger partial charge in [-0.25, -0.2) is 4.98 Å². The van der Waals surface area contributed by atoms with Crippen LogP contribution in [0.25, 0.3) is 22.4 Å². The molecule has 0 saturated heterocycles. The van der Waals surface area contributed by atoms with E-state index in [2.05, 4.69) is 4.98 Å². The highest BCUT2D eigenvalue weighted by Gasteiger charge is 2.33. The summed E-state index contributed by atoms with van der Waals surface area (Å²) in [5.41, 5.74) is 1.64. The van der Waals surface area contributed by atoms with Gasteiger partial charge < -0.3 is 10.3 Å². The van der Waals surface area contributed by atoms with Crippen LogP contribution in [0.1, 0.15) is 16.1 Å². The summed E-state index contributed by atoms with van der Waals surface area (Å²) in [5, 5.41) is 0. The summed E-state index contributed by atoms with van der Waals surface area (Å²) in [6, 6.07) is 9.83. The molecule has 1 amide bonds. The Morgan fingerprint density at radius 3 is 2.23 bits per heavy atom. The number of nitrogens with zero attached hydrogens (tertiary/aromatic N) is 2. The molecule has 3 aromatic rings. The Labute approximate surface area is 170 Å². The van der Waals surface area contributed by atoms with Crippen molar-refractivity contribution in [1.29, 1.82) is 0 Å². The van der Waals surface area contributed by atoms with Crippen LogP contribution < -0.4 is 11.3 Å². The molecule has 162 valence electrons. The third kappa shape index (κ3) is 4.93. The lowest BCUT2D eigenvalue weighted by Gasteiger charge is -2.14. The molecule has 5 nitrogen and oxygen atoms in total. The van der Waals surface area contributed by atoms with Crippen molar-refractivity contribution in [2.24, 2.45) is 5.73 Å². The van der Waals surface area contributed by atoms with Gasteiger partial charge in [0, 0.05) is 11.8 Å². The van der Waals surface area contributed by atoms with Crippen molar-refractivity contribution < 1.29 is 31.1 Å². The zero-order valence-corrected chi connectivity index (χ0v) is 15.5. The van der Waals surface area contributed by atoms with Gasteiger partial charge in [0.25, 0.3) is 11.5 Å². The first-order valence-corrected chi connectivity index (χ1v) is 8.62. The number of amides is 1. The van der Waals surface area contributed by atoms with Crippen LogP contribution in [-0.4, -0.2) is 21.6 Å². The fraction of sp³-hybridized carbons (Fsp3) is 0.150. The molecule has 0 fully saturated rings. The zero-order valence-electron chi connectivity index (χ0n) is 15.5. The van der Waals surface area contributed by atoms with Gasteiger partial charge in [-0.2, -0.15) is 26.3 Å². The molecular formula is C20H13F6N3O2. The maximum Gasteiger partial charge on any atom is 0.417 e. The Bertz CT molecular complexity index is 1200. The lowest BCUT2D eigenvalue weighted by atomic mass is 9.97. The summed E-state index contributed by atoms with van der Waals surface area (Å²) in [6.07, 6.45) is -8.84. The number of nitrogens with two attached hydrogens (primary N) is 1. The molecule has 0 aliphatic rings. The lowest BCUT2D eigenvalue weighted by Crippen LogP contribution is -2.31. The third-order valence-electron chi connectivity index (χ3n) is 4.26. The standard InChI is InChI=1S/C20H13F6N3O2/c21-19(22,23)10-29-9-15(17(27)30)28-16(18(29)31)12-5-3-4-11(8-12)13-6-1-2-7-14(13)20(24,25)26/h1-9H,10H2,(H2,27,30). The quantitative estimate of drug-likeness (QED) is 0.615. The van der Waals surface area contributed by atoms with E-state index in [1.54, 1.807) is 0 Å². The molecule has 0 radical (unpaired) electrons. The van der Waals surface area contributed by atoms with Gasteiger partial charge in [0.2, 0.25) is 0 Å². The number of hydrogen-bond acceptors (Lipinski definition) is 3. The molecule has 0 aliphatic heterocycles. The second-order valence-electron chi connectivity index (χ2n) is 6.51. The summed E-state index contributed by atoms with van der Waals surface area (Å²) in [4.78, 5) is 27.8. The Kier molecular flexibility index (Phi) is 5.62. The van der Waals surface area contributed by atoms with Crippen molar-refractivity contribution >= 4 is 5.91 Å². The number of halogens is 6. The highest BCUT2D eigenvalue weighted by molar-refractivity contribution is 5.91. The Hall–Kier alpha value is -3.63. The first kappa shape index (κ1) is 22.1. The molecule has 2 N–H and O–H groups in total. The van der Waals surface area contributed by atoms with Crippen molar-refractivity contribution in [3.05, 3.63) is 76.3 Å². The van der Waals surface area contributed by atoms with Gasteiger partial charge in [-0.3, -0.25) is 9.59 Å². The minimum atomic E-state index is -4.77. The highest BCUT2D eigenvalue weighted by atomic mass is 19.4. The van der Waals surface area contributed by atoms with Crippen LogP contribution in [-0.2, 0) is 12.7 Å². The van der Waals surface area contributed by atoms with Gasteiger partial charge in [0.05, 0.1) is 5.56 Å². The minimum Gasteiger partial charge on any atom is -0.364 e. The molecule has 1 aromatic heterocycles. The predicted octanol–water partition coefficient (Wildman–Crippen LogP) is 4.26. The summed E-state index contributed by atoms with van der Waals surface area (Å²) in [5.74, 6) is -1.17. The smallest absolute Gasteiger partial charge is 0.364 e. The van der Waals surface area contributed by atoms with Crippen LogP contribution in [0.4, 0.5) is 26.3 Å². The van der Waals surface area contributed by atoms with E-state index in [1.807, 2.05) is 0 Å². The molecule has 0 spiro atoms. The van der Waals surface area contributed by atoms with Crippen molar-refractivity contribution in [3.8, 4) is 22.4 Å². The van der Waals surface area contributed by atoms with Gasteiger partial charge in [0.15, 0.2) is 0 Å². The topological polar surface area (TPSA) is 78.0 Å². The number of primary amides is 1. The number of benzene rings is 2. The van der Waals surface area contributed by atoms with Crippen LogP contribution in [0.15, 0.2) is 59.5 Å². The molecule has 0 saturated carbocycles. The Balaban J connectivity index is 2.20. The monoisotopic (exact) mass is 441 g/mol. The fourth-order valence-corrected chi connectivity index (χ4v) is 2.97. The minimum absolute atomic E-state index is 0.0541. The van der Waals surface area contributed by atoms with Crippen LogP contribution in [0.2, 0.25) is 0 Å². The number of hydrogen-bond donors (Lipinski definition) is 1. The first-order valence-electron chi connectivity index (χ1n) is 8.62. The molecule has 0 unspecified atom stereocenters. The SMILES string of the molecule is NC(=O)c1cn(CC(F)(F)F)c(=O)c(-c2cccc(-c3ccccc3C(F)(F)F)c2)n1. The van der Waals surface area contributed by atoms with E-state index in [9.17, 15) is 35.9 Å². The number of rotatable bonds is 4. The summed E-state index contributed by atoms with van der Waals surface area (Å²) in [7, 11) is 0. The number of carbonyl (C=O) groups is 1. The molecule has 31 heavy (non-hydrogen) atoms. The summed E-state index contributed by atoms with van der Waals surface area (Å²) >= 11 is 0. The lowest BCUT2D eigenvalue weighted by molar-refractivity contribution is -0.141. The number of aromatic nitrogens is 2. The van der Waals surface area contributed by atoms with Crippen LogP contribution in [0.5, 0.6) is 0 Å². The summed E-state index contributed by atoms with van der Waals surface area (Å²) in [6.45, 7) is -1.70. The predicted molar refractivity (Wildman–Crippen MR) is 98.9 cm³/mol. The van der Waals surface area contributed by atoms with E-state index in [0.717, 1.165) is 6.07 Å². The number of alkyl halides is 6.